The molecule has 0 N–H and O–H groups in total. The Labute approximate surface area is 169 Å². The van der Waals surface area contributed by atoms with Gasteiger partial charge in [0.25, 0.3) is 0 Å². The molecule has 3 rings (SSSR count). The van der Waals surface area contributed by atoms with E-state index in [2.05, 4.69) is 49.8 Å². The summed E-state index contributed by atoms with van der Waals surface area (Å²) in [5.74, 6) is 1.27. The Bertz CT molecular complexity index is 951. The van der Waals surface area contributed by atoms with E-state index in [1.54, 1.807) is 11.3 Å². The van der Waals surface area contributed by atoms with E-state index in [-0.39, 0.29) is 11.9 Å². The summed E-state index contributed by atoms with van der Waals surface area (Å²) >= 11 is 3.21. The number of hydrogen-bond acceptors (Lipinski definition) is 5. The zero-order valence-electron chi connectivity index (χ0n) is 16.4. The third kappa shape index (κ3) is 4.50. The average Bonchev–Trinajstić information content (AvgIpc) is 2.91. The van der Waals surface area contributed by atoms with E-state index in [0.717, 1.165) is 26.6 Å². The molecule has 2 aromatic heterocycles. The molecule has 0 spiro atoms. The second kappa shape index (κ2) is 8.40. The van der Waals surface area contributed by atoms with Gasteiger partial charge in [-0.1, -0.05) is 42.1 Å². The van der Waals surface area contributed by atoms with Crippen molar-refractivity contribution in [2.24, 2.45) is 0 Å². The maximum Gasteiger partial charge on any atom is 0.233 e. The highest BCUT2D eigenvalue weighted by Crippen LogP contribution is 2.35. The van der Waals surface area contributed by atoms with Gasteiger partial charge in [0.15, 0.2) is 0 Å². The van der Waals surface area contributed by atoms with Crippen LogP contribution in [0.5, 0.6) is 0 Å². The van der Waals surface area contributed by atoms with Gasteiger partial charge in [-0.05, 0) is 45.7 Å². The van der Waals surface area contributed by atoms with E-state index < -0.39 is 0 Å². The fraction of sp³-hybridized carbons (Fsp3) is 0.381. The van der Waals surface area contributed by atoms with Crippen LogP contribution in [-0.2, 0) is 11.3 Å². The predicted octanol–water partition coefficient (Wildman–Crippen LogP) is 5.15. The van der Waals surface area contributed by atoms with Crippen molar-refractivity contribution in [2.45, 2.75) is 52.2 Å². The molecular weight excluding hydrogens is 374 g/mol. The van der Waals surface area contributed by atoms with Gasteiger partial charge >= 0.3 is 0 Å². The predicted molar refractivity (Wildman–Crippen MR) is 114 cm³/mol. The highest BCUT2D eigenvalue weighted by molar-refractivity contribution is 8.00. The highest BCUT2D eigenvalue weighted by atomic mass is 32.2. The second-order valence-corrected chi connectivity index (χ2v) is 9.10. The Kier molecular flexibility index (Phi) is 6.17. The maximum atomic E-state index is 12.9. The minimum atomic E-state index is 0.132. The first-order chi connectivity index (χ1) is 12.9. The van der Waals surface area contributed by atoms with Crippen LogP contribution in [0.3, 0.4) is 0 Å². The van der Waals surface area contributed by atoms with Crippen LogP contribution in [0.2, 0.25) is 0 Å². The molecule has 0 aliphatic carbocycles. The van der Waals surface area contributed by atoms with Gasteiger partial charge in [-0.2, -0.15) is 0 Å². The van der Waals surface area contributed by atoms with Crippen molar-refractivity contribution in [2.75, 3.05) is 5.75 Å². The minimum Gasteiger partial charge on any atom is -0.335 e. The zero-order valence-corrected chi connectivity index (χ0v) is 18.1. The SMILES string of the molecule is Cc1nc(SCC(=O)N(Cc2ccccc2)C(C)C)c2c(C)c(C)sc2n1. The van der Waals surface area contributed by atoms with Gasteiger partial charge in [0.05, 0.1) is 5.75 Å². The van der Waals surface area contributed by atoms with Crippen LogP contribution in [0.1, 0.15) is 35.7 Å². The van der Waals surface area contributed by atoms with E-state index >= 15 is 0 Å². The standard InChI is InChI=1S/C21H25N3OS2/c1-13(2)24(11-17-9-7-6-8-10-17)18(25)12-26-20-19-14(3)15(4)27-21(19)23-16(5)22-20/h6-10,13H,11-12H2,1-5H3. The molecule has 0 fully saturated rings. The summed E-state index contributed by atoms with van der Waals surface area (Å²) in [4.78, 5) is 26.3. The van der Waals surface area contributed by atoms with Gasteiger partial charge in [-0.25, -0.2) is 9.97 Å². The minimum absolute atomic E-state index is 0.132. The molecular formula is C21H25N3OS2. The van der Waals surface area contributed by atoms with Crippen LogP contribution >= 0.6 is 23.1 Å². The Morgan fingerprint density at radius 2 is 1.85 bits per heavy atom. The van der Waals surface area contributed by atoms with Gasteiger partial charge in [0.1, 0.15) is 15.7 Å². The average molecular weight is 400 g/mol. The number of amides is 1. The summed E-state index contributed by atoms with van der Waals surface area (Å²) in [5, 5.41) is 2.01. The summed E-state index contributed by atoms with van der Waals surface area (Å²) in [6.45, 7) is 10.9. The third-order valence-corrected chi connectivity index (χ3v) is 6.64. The molecule has 0 aliphatic rings. The Balaban J connectivity index is 1.79. The van der Waals surface area contributed by atoms with Crippen LogP contribution in [-0.4, -0.2) is 32.6 Å². The fourth-order valence-corrected chi connectivity index (χ4v) is 5.13. The number of aromatic nitrogens is 2. The van der Waals surface area contributed by atoms with Crippen molar-refractivity contribution >= 4 is 39.2 Å². The number of hydrogen-bond donors (Lipinski definition) is 0. The number of carbonyl (C=O) groups is 1. The van der Waals surface area contributed by atoms with Gasteiger partial charge in [0.2, 0.25) is 5.91 Å². The molecule has 3 aromatic rings. The Hall–Kier alpha value is -1.92. The first-order valence-corrected chi connectivity index (χ1v) is 10.9. The lowest BCUT2D eigenvalue weighted by atomic mass is 10.2. The van der Waals surface area contributed by atoms with Crippen molar-refractivity contribution in [3.63, 3.8) is 0 Å². The molecule has 0 radical (unpaired) electrons. The lowest BCUT2D eigenvalue weighted by molar-refractivity contribution is -0.130. The maximum absolute atomic E-state index is 12.9. The van der Waals surface area contributed by atoms with Crippen molar-refractivity contribution in [3.8, 4) is 0 Å². The molecule has 0 aliphatic heterocycles. The monoisotopic (exact) mass is 399 g/mol. The van der Waals surface area contributed by atoms with Crippen molar-refractivity contribution < 1.29 is 4.79 Å². The van der Waals surface area contributed by atoms with E-state index in [0.29, 0.717) is 12.3 Å². The smallest absolute Gasteiger partial charge is 0.233 e. The van der Waals surface area contributed by atoms with E-state index in [4.69, 9.17) is 0 Å². The number of thioether (sulfide) groups is 1. The second-order valence-electron chi connectivity index (χ2n) is 6.93. The van der Waals surface area contributed by atoms with Gasteiger partial charge < -0.3 is 4.90 Å². The van der Waals surface area contributed by atoms with Crippen molar-refractivity contribution in [1.29, 1.82) is 0 Å². The fourth-order valence-electron chi connectivity index (χ4n) is 2.97. The number of aryl methyl sites for hydroxylation is 3. The van der Waals surface area contributed by atoms with Crippen LogP contribution < -0.4 is 0 Å². The number of rotatable bonds is 6. The van der Waals surface area contributed by atoms with Crippen LogP contribution in [0, 0.1) is 20.8 Å². The van der Waals surface area contributed by atoms with Gasteiger partial charge in [-0.3, -0.25) is 4.79 Å². The molecule has 1 aromatic carbocycles. The van der Waals surface area contributed by atoms with Crippen LogP contribution in [0.25, 0.3) is 10.2 Å². The molecule has 0 saturated heterocycles. The number of benzene rings is 1. The molecule has 27 heavy (non-hydrogen) atoms. The van der Waals surface area contributed by atoms with Crippen LogP contribution in [0.4, 0.5) is 0 Å². The summed E-state index contributed by atoms with van der Waals surface area (Å²) in [5.41, 5.74) is 2.36. The molecule has 0 bridgehead atoms. The van der Waals surface area contributed by atoms with Crippen LogP contribution in [0.15, 0.2) is 35.4 Å². The highest BCUT2D eigenvalue weighted by Gasteiger charge is 2.20. The first kappa shape index (κ1) is 19.8. The van der Waals surface area contributed by atoms with Gasteiger partial charge in [0, 0.05) is 22.8 Å². The molecule has 0 unspecified atom stereocenters. The first-order valence-electron chi connectivity index (χ1n) is 9.07. The third-order valence-electron chi connectivity index (χ3n) is 4.58. The van der Waals surface area contributed by atoms with E-state index in [9.17, 15) is 4.79 Å². The summed E-state index contributed by atoms with van der Waals surface area (Å²) in [6, 6.07) is 10.3. The lowest BCUT2D eigenvalue weighted by Gasteiger charge is -2.27. The molecule has 142 valence electrons. The number of thiophene rings is 1. The lowest BCUT2D eigenvalue weighted by Crippen LogP contribution is -2.37. The van der Waals surface area contributed by atoms with Crippen molar-refractivity contribution in [1.82, 2.24) is 14.9 Å². The molecule has 0 saturated carbocycles. The molecule has 0 atom stereocenters. The van der Waals surface area contributed by atoms with E-state index in [1.807, 2.05) is 30.0 Å². The zero-order chi connectivity index (χ0) is 19.6. The molecule has 4 nitrogen and oxygen atoms in total. The van der Waals surface area contributed by atoms with Gasteiger partial charge in [-0.15, -0.1) is 11.3 Å². The molecule has 1 amide bonds. The van der Waals surface area contributed by atoms with E-state index in [1.165, 1.54) is 22.2 Å². The molecule has 6 heteroatoms. The quantitative estimate of drug-likeness (QED) is 0.425. The molecule has 2 heterocycles. The Morgan fingerprint density at radius 1 is 1.15 bits per heavy atom. The number of nitrogens with zero attached hydrogens (tertiary/aromatic N) is 3. The summed E-state index contributed by atoms with van der Waals surface area (Å²) in [6.07, 6.45) is 0. The number of carbonyl (C=O) groups excluding carboxylic acids is 1. The number of fused-ring (bicyclic) bond motifs is 1. The normalized spacial score (nSPS) is 11.3. The Morgan fingerprint density at radius 3 is 2.52 bits per heavy atom. The van der Waals surface area contributed by atoms with Crippen molar-refractivity contribution in [3.05, 3.63) is 52.2 Å². The largest absolute Gasteiger partial charge is 0.335 e. The summed E-state index contributed by atoms with van der Waals surface area (Å²) < 4.78 is 0. The topological polar surface area (TPSA) is 46.1 Å². The summed E-state index contributed by atoms with van der Waals surface area (Å²) in [7, 11) is 0.